The lowest BCUT2D eigenvalue weighted by atomic mass is 10.5. The molecule has 0 unspecified atom stereocenters. The molecule has 0 atom stereocenters. The number of nitrogens with one attached hydrogen (secondary N) is 1. The van der Waals surface area contributed by atoms with Gasteiger partial charge in [-0.1, -0.05) is 11.3 Å². The van der Waals surface area contributed by atoms with Crippen molar-refractivity contribution in [1.29, 1.82) is 0 Å². The Labute approximate surface area is 76.2 Å². The number of aromatic nitrogens is 1. The van der Waals surface area contributed by atoms with Crippen molar-refractivity contribution in [2.75, 3.05) is 18.5 Å². The number of thiazole rings is 1. The third-order valence-corrected chi connectivity index (χ3v) is 2.17. The van der Waals surface area contributed by atoms with Crippen LogP contribution in [0, 0.1) is 0 Å². The third-order valence-electron chi connectivity index (χ3n) is 1.17. The van der Waals surface area contributed by atoms with E-state index in [0.29, 0.717) is 11.3 Å². The molecular weight excluding hydrogens is 205 g/mol. The van der Waals surface area contributed by atoms with Gasteiger partial charge < -0.3 is 10.4 Å². The lowest BCUT2D eigenvalue weighted by molar-refractivity contribution is -0.134. The number of halogens is 3. The zero-order valence-corrected chi connectivity index (χ0v) is 7.24. The summed E-state index contributed by atoms with van der Waals surface area (Å²) < 4.78 is 36.0. The minimum absolute atomic E-state index is 0.138. The van der Waals surface area contributed by atoms with Gasteiger partial charge in [-0.05, 0) is 0 Å². The fraction of sp³-hybridized carbons (Fsp3) is 0.500. The Hall–Kier alpha value is -0.820. The van der Waals surface area contributed by atoms with Crippen LogP contribution < -0.4 is 5.32 Å². The van der Waals surface area contributed by atoms with E-state index in [-0.39, 0.29) is 18.3 Å². The molecule has 0 bridgehead atoms. The standard InChI is InChI=1S/C6H7F3N2OS/c7-6(8,9)4-3-11-5(13-4)10-1-2-12/h3,12H,1-2H2,(H,10,11). The lowest BCUT2D eigenvalue weighted by Crippen LogP contribution is -2.04. The molecule has 13 heavy (non-hydrogen) atoms. The van der Waals surface area contributed by atoms with Crippen LogP contribution in [0.3, 0.4) is 0 Å². The zero-order chi connectivity index (χ0) is 9.90. The molecule has 0 spiro atoms. The molecule has 3 nitrogen and oxygen atoms in total. The van der Waals surface area contributed by atoms with Gasteiger partial charge in [0.15, 0.2) is 5.13 Å². The Morgan fingerprint density at radius 3 is 2.69 bits per heavy atom. The summed E-state index contributed by atoms with van der Waals surface area (Å²) in [6, 6.07) is 0. The summed E-state index contributed by atoms with van der Waals surface area (Å²) in [5.74, 6) is 0. The Balaban J connectivity index is 2.64. The highest BCUT2D eigenvalue weighted by Crippen LogP contribution is 2.34. The van der Waals surface area contributed by atoms with Crippen molar-refractivity contribution in [1.82, 2.24) is 4.98 Å². The van der Waals surface area contributed by atoms with E-state index in [9.17, 15) is 13.2 Å². The summed E-state index contributed by atoms with van der Waals surface area (Å²) in [4.78, 5) is 2.75. The van der Waals surface area contributed by atoms with Crippen molar-refractivity contribution in [3.8, 4) is 0 Å². The summed E-state index contributed by atoms with van der Waals surface area (Å²) in [6.07, 6.45) is -3.57. The first-order valence-corrected chi connectivity index (χ1v) is 4.23. The molecule has 0 saturated carbocycles. The second-order valence-electron chi connectivity index (χ2n) is 2.18. The molecule has 1 heterocycles. The van der Waals surface area contributed by atoms with Crippen LogP contribution in [0.5, 0.6) is 0 Å². The summed E-state index contributed by atoms with van der Waals surface area (Å²) in [5, 5.41) is 11.1. The van der Waals surface area contributed by atoms with Crippen LogP contribution in [0.25, 0.3) is 0 Å². The number of anilines is 1. The van der Waals surface area contributed by atoms with E-state index in [1.807, 2.05) is 0 Å². The topological polar surface area (TPSA) is 45.1 Å². The molecule has 1 aromatic rings. The van der Waals surface area contributed by atoms with Crippen molar-refractivity contribution in [3.05, 3.63) is 11.1 Å². The molecule has 0 aliphatic heterocycles. The predicted molar refractivity (Wildman–Crippen MR) is 42.7 cm³/mol. The number of hydrogen-bond donors (Lipinski definition) is 2. The van der Waals surface area contributed by atoms with Gasteiger partial charge in [0.05, 0.1) is 12.8 Å². The Morgan fingerprint density at radius 1 is 1.54 bits per heavy atom. The van der Waals surface area contributed by atoms with Gasteiger partial charge in [0.1, 0.15) is 4.88 Å². The molecular formula is C6H7F3N2OS. The van der Waals surface area contributed by atoms with E-state index in [1.54, 1.807) is 0 Å². The highest BCUT2D eigenvalue weighted by atomic mass is 32.1. The molecule has 0 radical (unpaired) electrons. The van der Waals surface area contributed by atoms with Gasteiger partial charge in [-0.25, -0.2) is 4.98 Å². The Bertz CT molecular complexity index is 273. The zero-order valence-electron chi connectivity index (χ0n) is 6.43. The van der Waals surface area contributed by atoms with E-state index >= 15 is 0 Å². The number of nitrogens with zero attached hydrogens (tertiary/aromatic N) is 1. The van der Waals surface area contributed by atoms with Crippen LogP contribution in [0.4, 0.5) is 18.3 Å². The van der Waals surface area contributed by atoms with Gasteiger partial charge in [0, 0.05) is 6.54 Å². The highest BCUT2D eigenvalue weighted by molar-refractivity contribution is 7.15. The highest BCUT2D eigenvalue weighted by Gasteiger charge is 2.33. The number of hydrogen-bond acceptors (Lipinski definition) is 4. The average Bonchev–Trinajstić information content (AvgIpc) is 2.47. The maximum absolute atomic E-state index is 12.0. The fourth-order valence-corrected chi connectivity index (χ4v) is 1.36. The summed E-state index contributed by atoms with van der Waals surface area (Å²) in [7, 11) is 0. The molecule has 2 N–H and O–H groups in total. The normalized spacial score (nSPS) is 11.7. The minimum atomic E-state index is -4.34. The molecule has 0 saturated heterocycles. The molecule has 0 aromatic carbocycles. The monoisotopic (exact) mass is 212 g/mol. The summed E-state index contributed by atoms with van der Waals surface area (Å²) in [5.41, 5.74) is 0. The second-order valence-corrected chi connectivity index (χ2v) is 3.21. The predicted octanol–water partition coefficient (Wildman–Crippen LogP) is 1.57. The van der Waals surface area contributed by atoms with Crippen LogP contribution in [-0.2, 0) is 6.18 Å². The molecule has 0 aliphatic rings. The van der Waals surface area contributed by atoms with Gasteiger partial charge >= 0.3 is 6.18 Å². The maximum Gasteiger partial charge on any atom is 0.427 e. The molecule has 0 amide bonds. The second kappa shape index (κ2) is 3.93. The van der Waals surface area contributed by atoms with E-state index in [4.69, 9.17) is 5.11 Å². The summed E-state index contributed by atoms with van der Waals surface area (Å²) >= 11 is 0.521. The SMILES string of the molecule is OCCNc1ncc(C(F)(F)F)s1. The molecule has 0 fully saturated rings. The number of alkyl halides is 3. The molecule has 74 valence electrons. The van der Waals surface area contributed by atoms with Crippen LogP contribution >= 0.6 is 11.3 Å². The molecule has 0 aliphatic carbocycles. The number of rotatable bonds is 3. The largest absolute Gasteiger partial charge is 0.427 e. The van der Waals surface area contributed by atoms with Crippen LogP contribution in [-0.4, -0.2) is 23.2 Å². The first-order valence-electron chi connectivity index (χ1n) is 3.42. The smallest absolute Gasteiger partial charge is 0.395 e. The number of aliphatic hydroxyl groups is 1. The van der Waals surface area contributed by atoms with E-state index < -0.39 is 11.1 Å². The molecule has 1 aromatic heterocycles. The number of aliphatic hydroxyl groups excluding tert-OH is 1. The Kier molecular flexibility index (Phi) is 3.10. The Morgan fingerprint density at radius 2 is 2.23 bits per heavy atom. The quantitative estimate of drug-likeness (QED) is 0.799. The summed E-state index contributed by atoms with van der Waals surface area (Å²) in [6.45, 7) is 0.0613. The van der Waals surface area contributed by atoms with Crippen LogP contribution in [0.1, 0.15) is 4.88 Å². The van der Waals surface area contributed by atoms with Gasteiger partial charge in [-0.15, -0.1) is 0 Å². The fourth-order valence-electron chi connectivity index (χ4n) is 0.650. The van der Waals surface area contributed by atoms with Crippen molar-refractivity contribution in [2.24, 2.45) is 0 Å². The van der Waals surface area contributed by atoms with Crippen LogP contribution in [0.2, 0.25) is 0 Å². The van der Waals surface area contributed by atoms with Gasteiger partial charge in [0.2, 0.25) is 0 Å². The van der Waals surface area contributed by atoms with Crippen molar-refractivity contribution in [3.63, 3.8) is 0 Å². The van der Waals surface area contributed by atoms with Crippen molar-refractivity contribution >= 4 is 16.5 Å². The van der Waals surface area contributed by atoms with Gasteiger partial charge in [-0.3, -0.25) is 0 Å². The minimum Gasteiger partial charge on any atom is -0.395 e. The van der Waals surface area contributed by atoms with Crippen molar-refractivity contribution < 1.29 is 18.3 Å². The van der Waals surface area contributed by atoms with Gasteiger partial charge in [0.25, 0.3) is 0 Å². The average molecular weight is 212 g/mol. The maximum atomic E-state index is 12.0. The third kappa shape index (κ3) is 2.85. The van der Waals surface area contributed by atoms with E-state index in [2.05, 4.69) is 10.3 Å². The lowest BCUT2D eigenvalue weighted by Gasteiger charge is -2.00. The first kappa shape index (κ1) is 10.3. The molecule has 7 heteroatoms. The van der Waals surface area contributed by atoms with Gasteiger partial charge in [-0.2, -0.15) is 13.2 Å². The first-order chi connectivity index (χ1) is 6.04. The molecule has 1 rings (SSSR count). The van der Waals surface area contributed by atoms with Crippen molar-refractivity contribution in [2.45, 2.75) is 6.18 Å². The van der Waals surface area contributed by atoms with Crippen LogP contribution in [0.15, 0.2) is 6.20 Å². The van der Waals surface area contributed by atoms with E-state index in [1.165, 1.54) is 0 Å². The van der Waals surface area contributed by atoms with E-state index in [0.717, 1.165) is 6.20 Å².